The first-order valence-corrected chi connectivity index (χ1v) is 7.25. The van der Waals surface area contributed by atoms with Crippen LogP contribution in [0.3, 0.4) is 0 Å². The van der Waals surface area contributed by atoms with Crippen molar-refractivity contribution in [1.82, 2.24) is 4.74 Å². The third-order valence-electron chi connectivity index (χ3n) is 3.22. The highest BCUT2D eigenvalue weighted by Crippen LogP contribution is 2.14. The van der Waals surface area contributed by atoms with Crippen molar-refractivity contribution in [1.29, 1.82) is 5.41 Å². The standard InChI is InChI=1S/C17H15ClN2O2/c18-14-8-6-13(7-9-14)10-15-11-17(19)22-20(15)12-21-16-4-2-1-3-5-16/h1-9,11,19H,10,12H2. The van der Waals surface area contributed by atoms with Crippen LogP contribution in [-0.2, 0) is 13.2 Å². The van der Waals surface area contributed by atoms with Crippen molar-refractivity contribution in [2.45, 2.75) is 13.2 Å². The van der Waals surface area contributed by atoms with Gasteiger partial charge in [0.1, 0.15) is 5.75 Å². The van der Waals surface area contributed by atoms with Crippen molar-refractivity contribution in [3.05, 3.63) is 82.5 Å². The molecule has 0 aliphatic rings. The number of ether oxygens (including phenoxy) is 1. The van der Waals surface area contributed by atoms with Gasteiger partial charge < -0.3 is 9.26 Å². The van der Waals surface area contributed by atoms with E-state index in [1.165, 1.54) is 0 Å². The van der Waals surface area contributed by atoms with Gasteiger partial charge >= 0.3 is 0 Å². The number of aromatic nitrogens is 1. The maximum absolute atomic E-state index is 7.68. The second-order valence-corrected chi connectivity index (χ2v) is 5.30. The molecule has 4 nitrogen and oxygen atoms in total. The van der Waals surface area contributed by atoms with Crippen LogP contribution < -0.4 is 10.3 Å². The lowest BCUT2D eigenvalue weighted by Crippen LogP contribution is -2.08. The van der Waals surface area contributed by atoms with Crippen LogP contribution in [-0.4, -0.2) is 4.74 Å². The van der Waals surface area contributed by atoms with Gasteiger partial charge in [0.25, 0.3) is 0 Å². The molecule has 1 N–H and O–H groups in total. The molecule has 0 aliphatic heterocycles. The van der Waals surface area contributed by atoms with Gasteiger partial charge in [0, 0.05) is 17.5 Å². The van der Waals surface area contributed by atoms with E-state index in [1.54, 1.807) is 10.8 Å². The molecule has 0 saturated heterocycles. The lowest BCUT2D eigenvalue weighted by atomic mass is 10.1. The number of rotatable bonds is 5. The van der Waals surface area contributed by atoms with Gasteiger partial charge in [-0.15, -0.1) is 0 Å². The summed E-state index contributed by atoms with van der Waals surface area (Å²) in [4.78, 5) is 0. The van der Waals surface area contributed by atoms with E-state index in [0.717, 1.165) is 17.0 Å². The van der Waals surface area contributed by atoms with Crippen LogP contribution in [0.4, 0.5) is 0 Å². The monoisotopic (exact) mass is 314 g/mol. The molecule has 0 spiro atoms. The lowest BCUT2D eigenvalue weighted by molar-refractivity contribution is 0.114. The molecular weight excluding hydrogens is 300 g/mol. The van der Waals surface area contributed by atoms with Crippen LogP contribution in [0.25, 0.3) is 0 Å². The molecule has 0 unspecified atom stereocenters. The van der Waals surface area contributed by atoms with Crippen molar-refractivity contribution in [2.24, 2.45) is 0 Å². The quantitative estimate of drug-likeness (QED) is 0.778. The van der Waals surface area contributed by atoms with Crippen molar-refractivity contribution in [3.8, 4) is 5.75 Å². The SMILES string of the molecule is N=c1cc(Cc2ccc(Cl)cc2)n(COc2ccccc2)o1. The van der Waals surface area contributed by atoms with E-state index in [4.69, 9.17) is 26.3 Å². The van der Waals surface area contributed by atoms with E-state index < -0.39 is 0 Å². The topological polar surface area (TPSA) is 51.2 Å². The first kappa shape index (κ1) is 14.5. The molecule has 0 bridgehead atoms. The number of nitrogens with zero attached hydrogens (tertiary/aromatic N) is 1. The highest BCUT2D eigenvalue weighted by molar-refractivity contribution is 6.30. The predicted molar refractivity (Wildman–Crippen MR) is 83.9 cm³/mol. The Bertz CT molecular complexity index is 792. The van der Waals surface area contributed by atoms with Crippen LogP contribution in [0.1, 0.15) is 11.3 Å². The minimum atomic E-state index is 0.112. The Balaban J connectivity index is 1.75. The summed E-state index contributed by atoms with van der Waals surface area (Å²) in [5.41, 5.74) is 2.09. The fourth-order valence-corrected chi connectivity index (χ4v) is 2.26. The molecule has 2 aromatic carbocycles. The first-order valence-electron chi connectivity index (χ1n) is 6.87. The van der Waals surface area contributed by atoms with Crippen molar-refractivity contribution < 1.29 is 9.26 Å². The van der Waals surface area contributed by atoms with Crippen molar-refractivity contribution in [3.63, 3.8) is 0 Å². The molecule has 22 heavy (non-hydrogen) atoms. The Morgan fingerprint density at radius 2 is 1.77 bits per heavy atom. The third-order valence-corrected chi connectivity index (χ3v) is 3.47. The van der Waals surface area contributed by atoms with E-state index >= 15 is 0 Å². The van der Waals surface area contributed by atoms with Crippen LogP contribution in [0.2, 0.25) is 5.02 Å². The fourth-order valence-electron chi connectivity index (χ4n) is 2.14. The number of halogens is 1. The van der Waals surface area contributed by atoms with Crippen molar-refractivity contribution >= 4 is 11.6 Å². The maximum atomic E-state index is 7.68. The number of hydrogen-bond acceptors (Lipinski definition) is 3. The summed E-state index contributed by atoms with van der Waals surface area (Å²) in [7, 11) is 0. The van der Waals surface area contributed by atoms with Gasteiger partial charge in [-0.3, -0.25) is 5.41 Å². The zero-order valence-electron chi connectivity index (χ0n) is 11.8. The second-order valence-electron chi connectivity index (χ2n) is 4.86. The van der Waals surface area contributed by atoms with E-state index in [-0.39, 0.29) is 12.3 Å². The smallest absolute Gasteiger partial charge is 0.240 e. The fraction of sp³-hybridized carbons (Fsp3) is 0.118. The number of para-hydroxylation sites is 1. The molecule has 112 valence electrons. The van der Waals surface area contributed by atoms with E-state index in [1.807, 2.05) is 54.6 Å². The Kier molecular flexibility index (Phi) is 4.30. The van der Waals surface area contributed by atoms with Gasteiger partial charge in [0.15, 0.2) is 6.73 Å². The molecule has 1 heterocycles. The van der Waals surface area contributed by atoms with Crippen LogP contribution >= 0.6 is 11.6 Å². The van der Waals surface area contributed by atoms with Gasteiger partial charge in [-0.05, 0) is 29.8 Å². The average Bonchev–Trinajstić information content (AvgIpc) is 2.88. The second kappa shape index (κ2) is 6.54. The highest BCUT2D eigenvalue weighted by Gasteiger charge is 2.07. The molecule has 1 aromatic heterocycles. The Labute approximate surface area is 133 Å². The molecule has 0 saturated carbocycles. The summed E-state index contributed by atoms with van der Waals surface area (Å²) in [5, 5.41) is 8.38. The van der Waals surface area contributed by atoms with Crippen LogP contribution in [0.5, 0.6) is 5.75 Å². The highest BCUT2D eigenvalue weighted by atomic mass is 35.5. The maximum Gasteiger partial charge on any atom is 0.240 e. The average molecular weight is 315 g/mol. The molecule has 0 atom stereocenters. The van der Waals surface area contributed by atoms with Gasteiger partial charge in [-0.25, -0.2) is 0 Å². The summed E-state index contributed by atoms with van der Waals surface area (Å²) >= 11 is 5.89. The summed E-state index contributed by atoms with van der Waals surface area (Å²) in [5.74, 6) is 0.760. The van der Waals surface area contributed by atoms with Crippen molar-refractivity contribution in [2.75, 3.05) is 0 Å². The largest absolute Gasteiger partial charge is 0.470 e. The minimum absolute atomic E-state index is 0.112. The molecule has 0 amide bonds. The van der Waals surface area contributed by atoms with Gasteiger partial charge in [-0.2, -0.15) is 4.74 Å². The summed E-state index contributed by atoms with van der Waals surface area (Å²) in [6.07, 6.45) is 0.650. The number of nitrogens with one attached hydrogen (secondary N) is 1. The Morgan fingerprint density at radius 1 is 1.05 bits per heavy atom. The number of hydrogen-bond donors (Lipinski definition) is 1. The Morgan fingerprint density at radius 3 is 2.50 bits per heavy atom. The van der Waals surface area contributed by atoms with Crippen LogP contribution in [0.15, 0.2) is 65.2 Å². The number of benzene rings is 2. The third kappa shape index (κ3) is 3.59. The molecule has 3 rings (SSSR count). The zero-order valence-corrected chi connectivity index (χ0v) is 12.6. The lowest BCUT2D eigenvalue weighted by Gasteiger charge is -2.09. The summed E-state index contributed by atoms with van der Waals surface area (Å²) < 4.78 is 12.6. The van der Waals surface area contributed by atoms with E-state index in [2.05, 4.69) is 0 Å². The normalized spacial score (nSPS) is 10.6. The molecule has 0 fully saturated rings. The van der Waals surface area contributed by atoms with Gasteiger partial charge in [0.05, 0.1) is 5.69 Å². The van der Waals surface area contributed by atoms with Gasteiger partial charge in [-0.1, -0.05) is 41.9 Å². The van der Waals surface area contributed by atoms with E-state index in [0.29, 0.717) is 11.4 Å². The first-order chi connectivity index (χ1) is 10.7. The summed E-state index contributed by atoms with van der Waals surface area (Å²) in [6.45, 7) is 0.228. The minimum Gasteiger partial charge on any atom is -0.470 e. The zero-order chi connectivity index (χ0) is 15.4. The molecule has 5 heteroatoms. The predicted octanol–water partition coefficient (Wildman–Crippen LogP) is 3.84. The van der Waals surface area contributed by atoms with E-state index in [9.17, 15) is 0 Å². The van der Waals surface area contributed by atoms with Crippen LogP contribution in [0, 0.1) is 5.41 Å². The molecule has 0 radical (unpaired) electrons. The molecule has 0 aliphatic carbocycles. The molecule has 3 aromatic rings. The molecular formula is C17H15ClN2O2. The summed E-state index contributed by atoms with van der Waals surface area (Å²) in [6, 6.07) is 18.8. The Hall–Kier alpha value is -2.46. The van der Waals surface area contributed by atoms with Gasteiger partial charge in [0.2, 0.25) is 5.55 Å².